The first kappa shape index (κ1) is 16.7. The highest BCUT2D eigenvalue weighted by molar-refractivity contribution is 5.31. The lowest BCUT2D eigenvalue weighted by atomic mass is 10.0. The maximum atomic E-state index is 6.25. The van der Waals surface area contributed by atoms with E-state index in [9.17, 15) is 0 Å². The van der Waals surface area contributed by atoms with Crippen LogP contribution in [0.5, 0.6) is 0 Å². The highest BCUT2D eigenvalue weighted by Crippen LogP contribution is 2.26. The van der Waals surface area contributed by atoms with Crippen LogP contribution in [0.2, 0.25) is 0 Å². The molecule has 0 radical (unpaired) electrons. The summed E-state index contributed by atoms with van der Waals surface area (Å²) in [7, 11) is 0. The molecule has 2 nitrogen and oxygen atoms in total. The van der Waals surface area contributed by atoms with E-state index in [-0.39, 0.29) is 6.10 Å². The zero-order valence-electron chi connectivity index (χ0n) is 14.0. The van der Waals surface area contributed by atoms with Gasteiger partial charge in [-0.25, -0.2) is 0 Å². The average molecular weight is 297 g/mol. The molecule has 2 heteroatoms. The van der Waals surface area contributed by atoms with Crippen LogP contribution in [0.4, 0.5) is 0 Å². The van der Waals surface area contributed by atoms with Crippen LogP contribution in [0, 0.1) is 6.92 Å². The third-order valence-corrected chi connectivity index (χ3v) is 4.07. The van der Waals surface area contributed by atoms with E-state index in [1.54, 1.807) is 0 Å². The quantitative estimate of drug-likeness (QED) is 0.714. The molecule has 0 amide bonds. The monoisotopic (exact) mass is 297 g/mol. The molecule has 0 saturated heterocycles. The molecule has 0 spiro atoms. The van der Waals surface area contributed by atoms with Gasteiger partial charge in [-0.15, -0.1) is 0 Å². The van der Waals surface area contributed by atoms with E-state index in [1.807, 2.05) is 6.07 Å². The van der Waals surface area contributed by atoms with Crippen molar-refractivity contribution in [2.45, 2.75) is 26.9 Å². The topological polar surface area (TPSA) is 12.5 Å². The molecule has 0 unspecified atom stereocenters. The minimum Gasteiger partial charge on any atom is -0.367 e. The van der Waals surface area contributed by atoms with Crippen LogP contribution < -0.4 is 0 Å². The first-order chi connectivity index (χ1) is 10.7. The van der Waals surface area contributed by atoms with Crippen LogP contribution in [0.25, 0.3) is 0 Å². The third-order valence-electron chi connectivity index (χ3n) is 4.07. The van der Waals surface area contributed by atoms with Crippen molar-refractivity contribution in [2.24, 2.45) is 0 Å². The van der Waals surface area contributed by atoms with Gasteiger partial charge < -0.3 is 9.64 Å². The lowest BCUT2D eigenvalue weighted by Gasteiger charge is -2.22. The molecule has 0 heterocycles. The summed E-state index contributed by atoms with van der Waals surface area (Å²) in [6.45, 7) is 10.4. The summed E-state index contributed by atoms with van der Waals surface area (Å²) >= 11 is 0. The molecule has 0 N–H and O–H groups in total. The van der Waals surface area contributed by atoms with Gasteiger partial charge in [0.1, 0.15) is 6.10 Å². The van der Waals surface area contributed by atoms with Crippen molar-refractivity contribution in [3.63, 3.8) is 0 Å². The summed E-state index contributed by atoms with van der Waals surface area (Å²) in [4.78, 5) is 2.39. The second kappa shape index (κ2) is 8.72. The van der Waals surface area contributed by atoms with Crippen molar-refractivity contribution < 1.29 is 4.74 Å². The number of hydrogen-bond acceptors (Lipinski definition) is 2. The first-order valence-electron chi connectivity index (χ1n) is 8.20. The molecule has 22 heavy (non-hydrogen) atoms. The lowest BCUT2D eigenvalue weighted by Crippen LogP contribution is -2.27. The fourth-order valence-electron chi connectivity index (χ4n) is 2.59. The van der Waals surface area contributed by atoms with Crippen LogP contribution in [0.15, 0.2) is 54.6 Å². The van der Waals surface area contributed by atoms with E-state index in [2.05, 4.69) is 74.2 Å². The standard InChI is InChI=1S/C20H27NO/c1-4-21(5-2)15-16-22-20(18-9-7-6-8-10-18)19-13-11-17(3)12-14-19/h6-14,20H,4-5,15-16H2,1-3H3/t20-/m0/s1. The van der Waals surface area contributed by atoms with Crippen LogP contribution in [-0.2, 0) is 4.74 Å². The van der Waals surface area contributed by atoms with Crippen molar-refractivity contribution in [3.05, 3.63) is 71.3 Å². The summed E-state index contributed by atoms with van der Waals surface area (Å²) in [5, 5.41) is 0. The van der Waals surface area contributed by atoms with Crippen molar-refractivity contribution in [1.29, 1.82) is 0 Å². The lowest BCUT2D eigenvalue weighted by molar-refractivity contribution is 0.0619. The third kappa shape index (κ3) is 4.69. The van der Waals surface area contributed by atoms with Gasteiger partial charge >= 0.3 is 0 Å². The molecule has 0 saturated carbocycles. The number of likely N-dealkylation sites (N-methyl/N-ethyl adjacent to an activating group) is 1. The van der Waals surface area contributed by atoms with Gasteiger partial charge in [0.2, 0.25) is 0 Å². The number of aryl methyl sites for hydroxylation is 1. The molecule has 0 aromatic heterocycles. The number of rotatable bonds is 8. The van der Waals surface area contributed by atoms with Gasteiger partial charge in [0, 0.05) is 6.54 Å². The summed E-state index contributed by atoms with van der Waals surface area (Å²) in [6, 6.07) is 19.1. The maximum absolute atomic E-state index is 6.25. The minimum atomic E-state index is 0.0114. The summed E-state index contributed by atoms with van der Waals surface area (Å²) < 4.78 is 6.25. The van der Waals surface area contributed by atoms with Crippen LogP contribution in [0.3, 0.4) is 0 Å². The minimum absolute atomic E-state index is 0.0114. The zero-order chi connectivity index (χ0) is 15.8. The van der Waals surface area contributed by atoms with Crippen LogP contribution >= 0.6 is 0 Å². The van der Waals surface area contributed by atoms with Crippen LogP contribution in [0.1, 0.15) is 36.6 Å². The van der Waals surface area contributed by atoms with Gasteiger partial charge in [0.15, 0.2) is 0 Å². The van der Waals surface area contributed by atoms with Gasteiger partial charge in [-0.1, -0.05) is 74.0 Å². The second-order valence-corrected chi connectivity index (χ2v) is 5.60. The van der Waals surface area contributed by atoms with Gasteiger partial charge in [-0.05, 0) is 31.1 Å². The molecular weight excluding hydrogens is 270 g/mol. The Morgan fingerprint density at radius 3 is 2.05 bits per heavy atom. The van der Waals surface area contributed by atoms with E-state index < -0.39 is 0 Å². The number of nitrogens with zero attached hydrogens (tertiary/aromatic N) is 1. The van der Waals surface area contributed by atoms with Crippen LogP contribution in [-0.4, -0.2) is 31.1 Å². The van der Waals surface area contributed by atoms with Crippen molar-refractivity contribution >= 4 is 0 Å². The van der Waals surface area contributed by atoms with Crippen molar-refractivity contribution in [1.82, 2.24) is 4.90 Å². The zero-order valence-corrected chi connectivity index (χ0v) is 14.0. The Labute approximate surface area is 134 Å². The molecule has 2 aromatic carbocycles. The Kier molecular flexibility index (Phi) is 6.63. The summed E-state index contributed by atoms with van der Waals surface area (Å²) in [5.74, 6) is 0. The molecule has 118 valence electrons. The fourth-order valence-corrected chi connectivity index (χ4v) is 2.59. The SMILES string of the molecule is CCN(CC)CCO[C@@H](c1ccccc1)c1ccc(C)cc1. The Morgan fingerprint density at radius 2 is 1.45 bits per heavy atom. The number of hydrogen-bond donors (Lipinski definition) is 0. The summed E-state index contributed by atoms with van der Waals surface area (Å²) in [5.41, 5.74) is 3.71. The van der Waals surface area contributed by atoms with E-state index in [0.717, 1.165) is 26.2 Å². The van der Waals surface area contributed by atoms with Gasteiger partial charge in [-0.3, -0.25) is 0 Å². The average Bonchev–Trinajstić information content (AvgIpc) is 2.57. The Bertz CT molecular complexity index is 531. The van der Waals surface area contributed by atoms with Crippen molar-refractivity contribution in [3.8, 4) is 0 Å². The molecule has 2 rings (SSSR count). The van der Waals surface area contributed by atoms with E-state index in [4.69, 9.17) is 4.74 Å². The molecular formula is C20H27NO. The molecule has 2 aromatic rings. The van der Waals surface area contributed by atoms with Gasteiger partial charge in [-0.2, -0.15) is 0 Å². The highest BCUT2D eigenvalue weighted by Gasteiger charge is 2.14. The normalized spacial score (nSPS) is 12.5. The molecule has 0 aliphatic carbocycles. The Hall–Kier alpha value is -1.64. The van der Waals surface area contributed by atoms with E-state index in [1.165, 1.54) is 16.7 Å². The van der Waals surface area contributed by atoms with Crippen molar-refractivity contribution in [2.75, 3.05) is 26.2 Å². The molecule has 0 fully saturated rings. The number of ether oxygens (including phenoxy) is 1. The van der Waals surface area contributed by atoms with E-state index in [0.29, 0.717) is 0 Å². The Morgan fingerprint density at radius 1 is 0.864 bits per heavy atom. The highest BCUT2D eigenvalue weighted by atomic mass is 16.5. The fraction of sp³-hybridized carbons (Fsp3) is 0.400. The molecule has 0 bridgehead atoms. The molecule has 0 aliphatic rings. The summed E-state index contributed by atoms with van der Waals surface area (Å²) in [6.07, 6.45) is 0.0114. The van der Waals surface area contributed by atoms with Gasteiger partial charge in [0.05, 0.1) is 6.61 Å². The maximum Gasteiger partial charge on any atom is 0.108 e. The largest absolute Gasteiger partial charge is 0.367 e. The number of benzene rings is 2. The predicted octanol–water partition coefficient (Wildman–Crippen LogP) is 4.44. The predicted molar refractivity (Wildman–Crippen MR) is 93.2 cm³/mol. The first-order valence-corrected chi connectivity index (χ1v) is 8.20. The smallest absolute Gasteiger partial charge is 0.108 e. The van der Waals surface area contributed by atoms with E-state index >= 15 is 0 Å². The second-order valence-electron chi connectivity index (χ2n) is 5.60. The molecule has 0 aliphatic heterocycles. The Balaban J connectivity index is 2.10. The molecule has 1 atom stereocenters. The van der Waals surface area contributed by atoms with Gasteiger partial charge in [0.25, 0.3) is 0 Å².